The normalized spacial score (nSPS) is 14.0. The minimum absolute atomic E-state index is 0.0111. The number of hydrogen-bond acceptors (Lipinski definition) is 2. The van der Waals surface area contributed by atoms with Gasteiger partial charge < -0.3 is 4.74 Å². The number of aryl methyl sites for hydroxylation is 2. The predicted octanol–water partition coefficient (Wildman–Crippen LogP) is 16.2. The first kappa shape index (κ1) is 36.1. The molecule has 69 heavy (non-hydrogen) atoms. The van der Waals surface area contributed by atoms with Gasteiger partial charge in [0.15, 0.2) is 0 Å². The van der Waals surface area contributed by atoms with Crippen molar-refractivity contribution in [1.29, 1.82) is 0 Å². The van der Waals surface area contributed by atoms with Crippen LogP contribution in [0.1, 0.15) is 72.0 Å². The van der Waals surface area contributed by atoms with Gasteiger partial charge in [0.05, 0.1) is 33.4 Å². The van der Waals surface area contributed by atoms with Crippen molar-refractivity contribution < 1.29 is 17.5 Å². The molecule has 0 bridgehead atoms. The summed E-state index contributed by atoms with van der Waals surface area (Å²) in [4.78, 5) is 4.89. The largest absolute Gasteiger partial charge is 0.458 e. The number of aromatic nitrogens is 4. The number of para-hydroxylation sites is 2. The van der Waals surface area contributed by atoms with Gasteiger partial charge in [-0.3, -0.25) is 13.7 Å². The molecule has 3 aromatic heterocycles. The van der Waals surface area contributed by atoms with Crippen LogP contribution in [0.2, 0.25) is 0 Å². The number of benzene rings is 8. The number of fused-ring (bicyclic) bond motifs is 10. The lowest BCUT2D eigenvalue weighted by atomic mass is 9.79. The minimum atomic E-state index is -2.59. The topological polar surface area (TPSA) is 35.9 Å². The Balaban J connectivity index is 1.08. The van der Waals surface area contributed by atoms with E-state index in [0.717, 1.165) is 89.0 Å². The first-order valence-corrected chi connectivity index (χ1v) is 23.5. The van der Waals surface area contributed by atoms with Crippen LogP contribution in [0.4, 0.5) is 0 Å². The van der Waals surface area contributed by atoms with Crippen molar-refractivity contribution in [2.45, 2.75) is 66.1 Å². The molecule has 0 amide bonds. The van der Waals surface area contributed by atoms with Gasteiger partial charge in [-0.15, -0.1) is 0 Å². The average molecular weight is 901 g/mol. The van der Waals surface area contributed by atoms with Crippen molar-refractivity contribution in [3.63, 3.8) is 0 Å². The van der Waals surface area contributed by atoms with E-state index in [2.05, 4.69) is 171 Å². The Labute approximate surface area is 413 Å². The smallest absolute Gasteiger partial charge is 0.269 e. The summed E-state index contributed by atoms with van der Waals surface area (Å²) < 4.78 is 65.4. The zero-order valence-electron chi connectivity index (χ0n) is 45.5. The molecule has 0 saturated carbocycles. The summed E-state index contributed by atoms with van der Waals surface area (Å²) in [6.45, 7) is 7.86. The van der Waals surface area contributed by atoms with E-state index in [4.69, 9.17) is 17.9 Å². The minimum Gasteiger partial charge on any atom is -0.458 e. The zero-order chi connectivity index (χ0) is 52.3. The van der Waals surface area contributed by atoms with Gasteiger partial charge in [-0.1, -0.05) is 157 Å². The van der Waals surface area contributed by atoms with E-state index in [1.165, 1.54) is 23.8 Å². The average Bonchev–Trinajstić information content (AvgIpc) is 3.94. The maximum Gasteiger partial charge on any atom is 0.269 e. The number of rotatable bonds is 5. The Bertz CT molecular complexity index is 4080. The molecule has 8 aromatic carbocycles. The molecule has 1 aliphatic rings. The van der Waals surface area contributed by atoms with Gasteiger partial charge in [0, 0.05) is 31.3 Å². The maximum absolute atomic E-state index is 8.68. The van der Waals surface area contributed by atoms with Crippen LogP contribution in [0.3, 0.4) is 0 Å². The van der Waals surface area contributed by atoms with Gasteiger partial charge in [0.2, 0.25) is 0 Å². The fourth-order valence-corrected chi connectivity index (χ4v) is 10.4. The molecular formula is C64H54N4O. The second kappa shape index (κ2) is 15.8. The van der Waals surface area contributed by atoms with E-state index in [1.807, 2.05) is 54.7 Å². The van der Waals surface area contributed by atoms with E-state index in [1.54, 1.807) is 0 Å². The van der Waals surface area contributed by atoms with Crippen LogP contribution < -0.4 is 9.30 Å². The molecule has 0 fully saturated rings. The van der Waals surface area contributed by atoms with Gasteiger partial charge in [-0.25, -0.2) is 4.98 Å². The van der Waals surface area contributed by atoms with Gasteiger partial charge in [0.1, 0.15) is 17.3 Å². The molecule has 0 spiro atoms. The summed E-state index contributed by atoms with van der Waals surface area (Å²) in [5.41, 5.74) is 13.4. The second-order valence-corrected chi connectivity index (χ2v) is 20.2. The highest BCUT2D eigenvalue weighted by atomic mass is 16.5. The maximum atomic E-state index is 8.68. The summed E-state index contributed by atoms with van der Waals surface area (Å²) in [7, 11) is 0. The molecule has 5 heteroatoms. The highest BCUT2D eigenvalue weighted by Gasteiger charge is 2.30. The van der Waals surface area contributed by atoms with Crippen molar-refractivity contribution >= 4 is 32.8 Å². The standard InChI is InChI=1S/C64H54N4O/c1-40-18-15-19-41(2)60(40)42-34-54-50-25-12-10-23-48(50)47-22-9-11-24-49(47)53-27-17-29-57-62(53)67(61(54)55(35-42)64(6,7)8)39-66(57)44-20-16-21-45(37-44)69-46-30-31-52-51-26-13-14-28-56(51)68(58(52)38-46)59-36-43(32-33-65-59)63(3,4)5/h9-38H,1-8H3/i1D3,2D3. The molecule has 0 saturated heterocycles. The van der Waals surface area contributed by atoms with Crippen molar-refractivity contribution in [2.24, 2.45) is 0 Å². The Morgan fingerprint density at radius 3 is 1.88 bits per heavy atom. The molecule has 1 aliphatic heterocycles. The van der Waals surface area contributed by atoms with E-state index >= 15 is 0 Å². The third-order valence-corrected chi connectivity index (χ3v) is 13.7. The first-order chi connectivity index (χ1) is 35.7. The highest BCUT2D eigenvalue weighted by Crippen LogP contribution is 2.47. The van der Waals surface area contributed by atoms with E-state index < -0.39 is 19.1 Å². The van der Waals surface area contributed by atoms with Crippen molar-refractivity contribution in [2.75, 3.05) is 0 Å². The van der Waals surface area contributed by atoms with Crippen LogP contribution >= 0.6 is 0 Å². The Kier molecular flexibility index (Phi) is 8.25. The monoisotopic (exact) mass is 900 g/mol. The van der Waals surface area contributed by atoms with Crippen LogP contribution in [-0.4, -0.2) is 14.1 Å². The van der Waals surface area contributed by atoms with Gasteiger partial charge in [-0.2, -0.15) is 0 Å². The van der Waals surface area contributed by atoms with E-state index in [0.29, 0.717) is 17.1 Å². The van der Waals surface area contributed by atoms with Gasteiger partial charge in [0.25, 0.3) is 6.33 Å². The van der Waals surface area contributed by atoms with Crippen molar-refractivity contribution in [3.05, 3.63) is 211 Å². The summed E-state index contributed by atoms with van der Waals surface area (Å²) in [6, 6.07) is 58.6. The van der Waals surface area contributed by atoms with Crippen LogP contribution in [0.25, 0.3) is 94.5 Å². The molecule has 0 radical (unpaired) electrons. The molecule has 11 aromatic rings. The third-order valence-electron chi connectivity index (χ3n) is 13.7. The number of ether oxygens (including phenoxy) is 1. The van der Waals surface area contributed by atoms with Crippen molar-refractivity contribution in [1.82, 2.24) is 14.1 Å². The van der Waals surface area contributed by atoms with Crippen LogP contribution in [0.5, 0.6) is 11.5 Å². The molecule has 4 heterocycles. The van der Waals surface area contributed by atoms with Gasteiger partial charge >= 0.3 is 0 Å². The molecule has 12 rings (SSSR count). The lowest BCUT2D eigenvalue weighted by Gasteiger charge is -2.28. The van der Waals surface area contributed by atoms with Crippen LogP contribution in [-0.2, 0) is 10.8 Å². The van der Waals surface area contributed by atoms with Crippen molar-refractivity contribution in [3.8, 4) is 73.2 Å². The summed E-state index contributed by atoms with van der Waals surface area (Å²) in [5.74, 6) is 2.15. The Morgan fingerprint density at radius 1 is 0.536 bits per heavy atom. The van der Waals surface area contributed by atoms with Crippen LogP contribution in [0, 0.1) is 20.0 Å². The number of imidazole rings is 1. The number of hydrogen-bond donors (Lipinski definition) is 0. The van der Waals surface area contributed by atoms with E-state index in [9.17, 15) is 0 Å². The fourth-order valence-electron chi connectivity index (χ4n) is 10.4. The molecule has 336 valence electrons. The Hall–Kier alpha value is -8.02. The molecule has 0 atom stereocenters. The summed E-state index contributed by atoms with van der Waals surface area (Å²) in [5, 5.41) is 2.23. The SMILES string of the molecule is [2H]C([2H])([2H])c1cccc(C([2H])([2H])[2H])c1-c1cc2c(c(C(C)(C)C)c1)-[n+]1[c-]n(-c3cccc(Oc4ccc5c6ccccc6n(-c6cc(C(C)(C)C)ccn6)c5c4)c3)c3cccc(c31)-c1ccccc1-c1ccccc1-2. The molecule has 0 N–H and O–H groups in total. The molecule has 5 nitrogen and oxygen atoms in total. The predicted molar refractivity (Wildman–Crippen MR) is 284 cm³/mol. The fraction of sp³-hybridized carbons (Fsp3) is 0.156. The lowest BCUT2D eigenvalue weighted by Crippen LogP contribution is -2.35. The van der Waals surface area contributed by atoms with Crippen LogP contribution in [0.15, 0.2) is 182 Å². The Morgan fingerprint density at radius 2 is 1.16 bits per heavy atom. The first-order valence-electron chi connectivity index (χ1n) is 26.5. The number of nitrogens with zero attached hydrogens (tertiary/aromatic N) is 4. The molecule has 0 aliphatic carbocycles. The van der Waals surface area contributed by atoms with Gasteiger partial charge in [-0.05, 0) is 146 Å². The third kappa shape index (κ3) is 6.98. The highest BCUT2D eigenvalue weighted by molar-refractivity contribution is 6.09. The lowest BCUT2D eigenvalue weighted by molar-refractivity contribution is -0.572. The molecular weight excluding hydrogens is 841 g/mol. The summed E-state index contributed by atoms with van der Waals surface area (Å²) >= 11 is 0. The van der Waals surface area contributed by atoms with E-state index in [-0.39, 0.29) is 22.1 Å². The zero-order valence-corrected chi connectivity index (χ0v) is 39.5. The second-order valence-electron chi connectivity index (χ2n) is 20.2. The number of pyridine rings is 1. The molecule has 0 unspecified atom stereocenters. The summed E-state index contributed by atoms with van der Waals surface area (Å²) in [6.07, 6.45) is 5.75. The quantitative estimate of drug-likeness (QED) is 0.127.